The van der Waals surface area contributed by atoms with E-state index >= 15 is 0 Å². The van der Waals surface area contributed by atoms with Gasteiger partial charge in [-0.3, -0.25) is 9.69 Å². The highest BCUT2D eigenvalue weighted by Gasteiger charge is 2.38. The molecule has 41 heavy (non-hydrogen) atoms. The van der Waals surface area contributed by atoms with Crippen LogP contribution in [0.3, 0.4) is 0 Å². The Labute approximate surface area is 243 Å². The van der Waals surface area contributed by atoms with Crippen LogP contribution in [0.15, 0.2) is 72.8 Å². The zero-order valence-electron chi connectivity index (χ0n) is 24.3. The van der Waals surface area contributed by atoms with E-state index in [1.807, 2.05) is 57.2 Å². The van der Waals surface area contributed by atoms with E-state index in [1.165, 1.54) is 0 Å². The SMILES string of the molecule is CC(C)(C)OC(=O)[C@@H]1CCCN1C[C@H]1C[C@@H](c2ccc(CO)cc2)O[C@@H](c2ccc(-c3ccccc3CN)cc2)O1. The molecule has 2 saturated heterocycles. The normalized spacial score (nSPS) is 23.4. The van der Waals surface area contributed by atoms with Crippen molar-refractivity contribution in [2.45, 2.75) is 83.3 Å². The summed E-state index contributed by atoms with van der Waals surface area (Å²) < 4.78 is 18.9. The van der Waals surface area contributed by atoms with Crippen LogP contribution in [0.4, 0.5) is 0 Å². The molecule has 0 aliphatic carbocycles. The average molecular weight is 559 g/mol. The van der Waals surface area contributed by atoms with Gasteiger partial charge in [-0.25, -0.2) is 0 Å². The first kappa shape index (κ1) is 29.4. The molecule has 2 fully saturated rings. The van der Waals surface area contributed by atoms with E-state index in [-0.39, 0.29) is 30.8 Å². The molecule has 2 heterocycles. The largest absolute Gasteiger partial charge is 0.459 e. The van der Waals surface area contributed by atoms with Gasteiger partial charge in [0.1, 0.15) is 11.6 Å². The highest BCUT2D eigenvalue weighted by Crippen LogP contribution is 2.39. The minimum Gasteiger partial charge on any atom is -0.459 e. The van der Waals surface area contributed by atoms with E-state index in [9.17, 15) is 9.90 Å². The molecule has 218 valence electrons. The van der Waals surface area contributed by atoms with Gasteiger partial charge in [0.15, 0.2) is 6.29 Å². The van der Waals surface area contributed by atoms with Crippen molar-refractivity contribution in [2.24, 2.45) is 5.73 Å². The summed E-state index contributed by atoms with van der Waals surface area (Å²) in [6.07, 6.45) is 1.52. The van der Waals surface area contributed by atoms with Gasteiger partial charge in [0.25, 0.3) is 0 Å². The van der Waals surface area contributed by atoms with Crippen LogP contribution in [0, 0.1) is 0 Å². The molecule has 2 aliphatic rings. The Morgan fingerprint density at radius 1 is 1.00 bits per heavy atom. The molecule has 0 unspecified atom stereocenters. The molecule has 0 saturated carbocycles. The standard InChI is InChI=1S/C34H42N2O5/c1-34(2,3)41-32(38)30-9-6-18-36(30)21-28-19-31(25-12-10-23(22-37)11-13-25)40-33(39-28)26-16-14-24(15-17-26)29-8-5-4-7-27(29)20-35/h4-5,7-8,10-17,28,30-31,33,37H,6,9,18-22,35H2,1-3H3/t28-,30+,31+,33+/m1/s1. The zero-order valence-corrected chi connectivity index (χ0v) is 24.3. The topological polar surface area (TPSA) is 94.2 Å². The van der Waals surface area contributed by atoms with Crippen molar-refractivity contribution in [3.05, 3.63) is 95.1 Å². The fourth-order valence-electron chi connectivity index (χ4n) is 5.78. The summed E-state index contributed by atoms with van der Waals surface area (Å²) in [6, 6.07) is 24.1. The Balaban J connectivity index is 1.37. The van der Waals surface area contributed by atoms with Crippen LogP contribution in [0.1, 0.15) is 74.7 Å². The van der Waals surface area contributed by atoms with Gasteiger partial charge < -0.3 is 25.1 Å². The number of ether oxygens (including phenoxy) is 3. The Kier molecular flexibility index (Phi) is 9.22. The van der Waals surface area contributed by atoms with Gasteiger partial charge in [-0.1, -0.05) is 72.8 Å². The smallest absolute Gasteiger partial charge is 0.323 e. The third kappa shape index (κ3) is 7.23. The summed E-state index contributed by atoms with van der Waals surface area (Å²) in [5.41, 5.74) is 11.6. The molecule has 0 bridgehead atoms. The van der Waals surface area contributed by atoms with E-state index in [4.69, 9.17) is 19.9 Å². The van der Waals surface area contributed by atoms with Crippen molar-refractivity contribution in [1.82, 2.24) is 4.90 Å². The molecule has 0 amide bonds. The number of rotatable bonds is 8. The van der Waals surface area contributed by atoms with Gasteiger partial charge in [-0.15, -0.1) is 0 Å². The molecule has 7 heteroatoms. The molecule has 0 spiro atoms. The van der Waals surface area contributed by atoms with E-state index in [2.05, 4.69) is 41.3 Å². The predicted molar refractivity (Wildman–Crippen MR) is 159 cm³/mol. The highest BCUT2D eigenvalue weighted by molar-refractivity contribution is 5.76. The summed E-state index contributed by atoms with van der Waals surface area (Å²) in [5, 5.41) is 9.51. The highest BCUT2D eigenvalue weighted by atomic mass is 16.7. The van der Waals surface area contributed by atoms with Gasteiger partial charge >= 0.3 is 5.97 Å². The first-order chi connectivity index (χ1) is 19.7. The Morgan fingerprint density at radius 3 is 2.39 bits per heavy atom. The van der Waals surface area contributed by atoms with Crippen molar-refractivity contribution in [1.29, 1.82) is 0 Å². The lowest BCUT2D eigenvalue weighted by molar-refractivity contribution is -0.253. The number of hydrogen-bond acceptors (Lipinski definition) is 7. The molecule has 3 aromatic carbocycles. The number of carbonyl (C=O) groups is 1. The van der Waals surface area contributed by atoms with Crippen LogP contribution in [-0.2, 0) is 32.2 Å². The van der Waals surface area contributed by atoms with Gasteiger partial charge in [0, 0.05) is 25.1 Å². The lowest BCUT2D eigenvalue weighted by atomic mass is 9.97. The quantitative estimate of drug-likeness (QED) is 0.345. The van der Waals surface area contributed by atoms with Gasteiger partial charge in [-0.2, -0.15) is 0 Å². The molecule has 7 nitrogen and oxygen atoms in total. The van der Waals surface area contributed by atoms with Crippen molar-refractivity contribution < 1.29 is 24.1 Å². The zero-order chi connectivity index (χ0) is 29.0. The lowest BCUT2D eigenvalue weighted by Gasteiger charge is -2.38. The van der Waals surface area contributed by atoms with E-state index in [0.717, 1.165) is 52.8 Å². The van der Waals surface area contributed by atoms with Crippen LogP contribution < -0.4 is 5.73 Å². The van der Waals surface area contributed by atoms with Crippen molar-refractivity contribution in [3.8, 4) is 11.1 Å². The third-order valence-electron chi connectivity index (χ3n) is 7.83. The third-order valence-corrected chi connectivity index (χ3v) is 7.83. The van der Waals surface area contributed by atoms with Gasteiger partial charge in [0.2, 0.25) is 0 Å². The van der Waals surface area contributed by atoms with Crippen LogP contribution in [0.2, 0.25) is 0 Å². The lowest BCUT2D eigenvalue weighted by Crippen LogP contribution is -2.45. The van der Waals surface area contributed by atoms with E-state index in [1.54, 1.807) is 0 Å². The number of esters is 1. The Morgan fingerprint density at radius 2 is 1.71 bits per heavy atom. The maximum atomic E-state index is 13.0. The molecule has 2 aliphatic heterocycles. The number of aliphatic hydroxyl groups is 1. The summed E-state index contributed by atoms with van der Waals surface area (Å²) in [7, 11) is 0. The monoisotopic (exact) mass is 558 g/mol. The minimum atomic E-state index is -0.558. The maximum Gasteiger partial charge on any atom is 0.323 e. The van der Waals surface area contributed by atoms with Crippen molar-refractivity contribution >= 4 is 5.97 Å². The maximum absolute atomic E-state index is 13.0. The minimum absolute atomic E-state index is 0.000806. The molecular formula is C34H42N2O5. The average Bonchev–Trinajstić information content (AvgIpc) is 3.44. The second kappa shape index (κ2) is 12.8. The second-order valence-corrected chi connectivity index (χ2v) is 12.0. The molecule has 0 radical (unpaired) electrons. The number of benzene rings is 3. The number of likely N-dealkylation sites (tertiary alicyclic amines) is 1. The number of hydrogen-bond donors (Lipinski definition) is 2. The summed E-state index contributed by atoms with van der Waals surface area (Å²) in [6.45, 7) is 7.65. The van der Waals surface area contributed by atoms with Crippen LogP contribution in [0.25, 0.3) is 11.1 Å². The van der Waals surface area contributed by atoms with Crippen LogP contribution in [-0.4, -0.2) is 46.8 Å². The first-order valence-corrected chi connectivity index (χ1v) is 14.6. The van der Waals surface area contributed by atoms with Gasteiger partial charge in [-0.05, 0) is 68.0 Å². The number of nitrogens with zero attached hydrogens (tertiary/aromatic N) is 1. The molecular weight excluding hydrogens is 516 g/mol. The van der Waals surface area contributed by atoms with Crippen LogP contribution >= 0.6 is 0 Å². The van der Waals surface area contributed by atoms with Crippen molar-refractivity contribution in [3.63, 3.8) is 0 Å². The number of nitrogens with two attached hydrogens (primary N) is 1. The molecule has 3 N–H and O–H groups in total. The number of aliphatic hydroxyl groups excluding tert-OH is 1. The first-order valence-electron chi connectivity index (χ1n) is 14.6. The summed E-state index contributed by atoms with van der Waals surface area (Å²) in [4.78, 5) is 15.2. The van der Waals surface area contributed by atoms with Crippen LogP contribution in [0.5, 0.6) is 0 Å². The molecule has 4 atom stereocenters. The summed E-state index contributed by atoms with van der Waals surface area (Å²) >= 11 is 0. The Bertz CT molecular complexity index is 1300. The fourth-order valence-corrected chi connectivity index (χ4v) is 5.78. The van der Waals surface area contributed by atoms with Gasteiger partial charge in [0.05, 0.1) is 18.8 Å². The molecule has 5 rings (SSSR count). The van der Waals surface area contributed by atoms with Crippen molar-refractivity contribution in [2.75, 3.05) is 13.1 Å². The molecule has 3 aromatic rings. The van der Waals surface area contributed by atoms with E-state index in [0.29, 0.717) is 19.5 Å². The fraction of sp³-hybridized carbons (Fsp3) is 0.441. The Hall–Kier alpha value is -3.07. The summed E-state index contributed by atoms with van der Waals surface area (Å²) in [5.74, 6) is -0.164. The molecule has 0 aromatic heterocycles. The number of carbonyl (C=O) groups excluding carboxylic acids is 1. The predicted octanol–water partition coefficient (Wildman–Crippen LogP) is 5.66. The van der Waals surface area contributed by atoms with E-state index < -0.39 is 11.9 Å². The second-order valence-electron chi connectivity index (χ2n) is 12.0.